The molecule has 0 saturated heterocycles. The maximum atomic E-state index is 12.6. The van der Waals surface area contributed by atoms with Crippen LogP contribution in [0.15, 0.2) is 71.2 Å². The highest BCUT2D eigenvalue weighted by atomic mass is 79.9. The third-order valence-electron chi connectivity index (χ3n) is 3.93. The number of hydrogen-bond donors (Lipinski definition) is 1. The van der Waals surface area contributed by atoms with E-state index >= 15 is 0 Å². The normalized spacial score (nSPS) is 10.1. The van der Waals surface area contributed by atoms with Crippen LogP contribution in [0.3, 0.4) is 0 Å². The van der Waals surface area contributed by atoms with Crippen LogP contribution < -0.4 is 10.1 Å². The fourth-order valence-corrected chi connectivity index (χ4v) is 3.14. The SMILES string of the molecule is N#Cc1cccc(NC(=O)COc2ccc(C(=O)c3cc(Cl)ccc3Br)cc2)c1. The van der Waals surface area contributed by atoms with Crippen molar-refractivity contribution in [1.29, 1.82) is 5.26 Å². The van der Waals surface area contributed by atoms with Gasteiger partial charge in [-0.3, -0.25) is 9.59 Å². The molecule has 1 N–H and O–H groups in total. The Morgan fingerprint density at radius 3 is 2.55 bits per heavy atom. The monoisotopic (exact) mass is 468 g/mol. The van der Waals surface area contributed by atoms with E-state index < -0.39 is 0 Å². The quantitative estimate of drug-likeness (QED) is 0.502. The minimum atomic E-state index is -0.358. The van der Waals surface area contributed by atoms with Crippen LogP contribution in [0.25, 0.3) is 0 Å². The Morgan fingerprint density at radius 1 is 1.07 bits per heavy atom. The summed E-state index contributed by atoms with van der Waals surface area (Å²) in [6, 6.07) is 20.1. The molecule has 0 heterocycles. The maximum Gasteiger partial charge on any atom is 0.262 e. The van der Waals surface area contributed by atoms with E-state index in [2.05, 4.69) is 21.2 Å². The predicted molar refractivity (Wildman–Crippen MR) is 114 cm³/mol. The number of amides is 1. The van der Waals surface area contributed by atoms with Crippen molar-refractivity contribution >= 4 is 44.9 Å². The average molecular weight is 470 g/mol. The van der Waals surface area contributed by atoms with Crippen molar-refractivity contribution < 1.29 is 14.3 Å². The maximum absolute atomic E-state index is 12.6. The van der Waals surface area contributed by atoms with Crippen molar-refractivity contribution in [2.45, 2.75) is 0 Å². The van der Waals surface area contributed by atoms with Gasteiger partial charge in [0.1, 0.15) is 5.75 Å². The summed E-state index contributed by atoms with van der Waals surface area (Å²) >= 11 is 9.33. The lowest BCUT2D eigenvalue weighted by atomic mass is 10.0. The van der Waals surface area contributed by atoms with Crippen LogP contribution in [-0.4, -0.2) is 18.3 Å². The molecular formula is C22H14BrClN2O3. The fraction of sp³-hybridized carbons (Fsp3) is 0.0455. The Labute approximate surface area is 181 Å². The second kappa shape index (κ2) is 9.37. The molecule has 0 atom stereocenters. The standard InChI is InChI=1S/C22H14BrClN2O3/c23-20-9-6-16(24)11-19(20)22(28)15-4-7-18(8-5-15)29-13-21(27)26-17-3-1-2-14(10-17)12-25/h1-11H,13H2,(H,26,27). The molecule has 0 unspecified atom stereocenters. The van der Waals surface area contributed by atoms with E-state index in [0.717, 1.165) is 0 Å². The van der Waals surface area contributed by atoms with Crippen molar-refractivity contribution in [3.8, 4) is 11.8 Å². The summed E-state index contributed by atoms with van der Waals surface area (Å²) in [7, 11) is 0. The smallest absolute Gasteiger partial charge is 0.262 e. The Hall–Kier alpha value is -3.14. The summed E-state index contributed by atoms with van der Waals surface area (Å²) < 4.78 is 6.12. The van der Waals surface area contributed by atoms with Gasteiger partial charge in [-0.2, -0.15) is 5.26 Å². The molecule has 0 bridgehead atoms. The molecular weight excluding hydrogens is 456 g/mol. The molecule has 0 aliphatic heterocycles. The van der Waals surface area contributed by atoms with Gasteiger partial charge in [-0.1, -0.05) is 33.6 Å². The zero-order valence-electron chi connectivity index (χ0n) is 15.0. The fourth-order valence-electron chi connectivity index (χ4n) is 2.54. The van der Waals surface area contributed by atoms with Gasteiger partial charge in [-0.05, 0) is 60.7 Å². The summed E-state index contributed by atoms with van der Waals surface area (Å²) in [6.45, 7) is -0.204. The van der Waals surface area contributed by atoms with Crippen molar-refractivity contribution in [2.24, 2.45) is 0 Å². The van der Waals surface area contributed by atoms with Gasteiger partial charge in [0.15, 0.2) is 12.4 Å². The molecule has 5 nitrogen and oxygen atoms in total. The highest BCUT2D eigenvalue weighted by Gasteiger charge is 2.13. The molecule has 0 saturated carbocycles. The predicted octanol–water partition coefficient (Wildman–Crippen LogP) is 5.22. The topological polar surface area (TPSA) is 79.2 Å². The number of carbonyl (C=O) groups excluding carboxylic acids is 2. The van der Waals surface area contributed by atoms with Crippen molar-refractivity contribution in [2.75, 3.05) is 11.9 Å². The van der Waals surface area contributed by atoms with Crippen LogP contribution in [0.5, 0.6) is 5.75 Å². The van der Waals surface area contributed by atoms with Gasteiger partial charge in [0.25, 0.3) is 5.91 Å². The number of nitrogens with zero attached hydrogens (tertiary/aromatic N) is 1. The summed E-state index contributed by atoms with van der Waals surface area (Å²) in [5, 5.41) is 12.0. The molecule has 0 aliphatic rings. The van der Waals surface area contributed by atoms with Crippen molar-refractivity contribution in [3.05, 3.63) is 92.9 Å². The van der Waals surface area contributed by atoms with Crippen molar-refractivity contribution in [3.63, 3.8) is 0 Å². The second-order valence-electron chi connectivity index (χ2n) is 6.01. The lowest BCUT2D eigenvalue weighted by molar-refractivity contribution is -0.118. The van der Waals surface area contributed by atoms with Gasteiger partial charge in [0.2, 0.25) is 0 Å². The summed E-state index contributed by atoms with van der Waals surface area (Å²) in [6.07, 6.45) is 0. The van der Waals surface area contributed by atoms with Crippen LogP contribution >= 0.6 is 27.5 Å². The molecule has 0 fully saturated rings. The summed E-state index contributed by atoms with van der Waals surface area (Å²) in [5.41, 5.74) is 1.91. The number of nitrogens with one attached hydrogen (secondary N) is 1. The first-order chi connectivity index (χ1) is 14.0. The van der Waals surface area contributed by atoms with E-state index in [9.17, 15) is 9.59 Å². The highest BCUT2D eigenvalue weighted by Crippen LogP contribution is 2.24. The van der Waals surface area contributed by atoms with E-state index in [4.69, 9.17) is 21.6 Å². The van der Waals surface area contributed by atoms with Crippen LogP contribution in [0.2, 0.25) is 5.02 Å². The number of anilines is 1. The van der Waals surface area contributed by atoms with Gasteiger partial charge in [-0.15, -0.1) is 0 Å². The number of ether oxygens (including phenoxy) is 1. The Bertz CT molecular complexity index is 1110. The molecule has 0 aromatic heterocycles. The van der Waals surface area contributed by atoms with E-state index in [1.165, 1.54) is 0 Å². The van der Waals surface area contributed by atoms with Gasteiger partial charge < -0.3 is 10.1 Å². The highest BCUT2D eigenvalue weighted by molar-refractivity contribution is 9.10. The van der Waals surface area contributed by atoms with Crippen molar-refractivity contribution in [1.82, 2.24) is 0 Å². The van der Waals surface area contributed by atoms with Gasteiger partial charge in [0.05, 0.1) is 11.6 Å². The molecule has 1 amide bonds. The van der Waals surface area contributed by atoms with Gasteiger partial charge in [-0.25, -0.2) is 0 Å². The first-order valence-electron chi connectivity index (χ1n) is 8.49. The number of benzene rings is 3. The van der Waals surface area contributed by atoms with E-state index in [-0.39, 0.29) is 18.3 Å². The Morgan fingerprint density at radius 2 is 1.83 bits per heavy atom. The molecule has 3 rings (SSSR count). The van der Waals surface area contributed by atoms with Crippen LogP contribution in [-0.2, 0) is 4.79 Å². The number of halogens is 2. The van der Waals surface area contributed by atoms with Crippen LogP contribution in [0, 0.1) is 11.3 Å². The third kappa shape index (κ3) is 5.44. The number of hydrogen-bond acceptors (Lipinski definition) is 4. The number of ketones is 1. The van der Waals surface area contributed by atoms with Crippen LogP contribution in [0.1, 0.15) is 21.5 Å². The first kappa shape index (κ1) is 20.6. The molecule has 0 spiro atoms. The molecule has 0 radical (unpaired) electrons. The van der Waals surface area contributed by atoms with E-state index in [1.807, 2.05) is 6.07 Å². The Balaban J connectivity index is 1.60. The minimum absolute atomic E-state index is 0.180. The molecule has 29 heavy (non-hydrogen) atoms. The average Bonchev–Trinajstić information content (AvgIpc) is 2.74. The molecule has 7 heteroatoms. The summed E-state index contributed by atoms with van der Waals surface area (Å²) in [4.78, 5) is 24.7. The van der Waals surface area contributed by atoms with Gasteiger partial charge in [0, 0.05) is 26.3 Å². The van der Waals surface area contributed by atoms with E-state index in [1.54, 1.807) is 66.7 Å². The van der Waals surface area contributed by atoms with Gasteiger partial charge >= 0.3 is 0 Å². The largest absolute Gasteiger partial charge is 0.484 e. The number of carbonyl (C=O) groups is 2. The van der Waals surface area contributed by atoms with Crippen LogP contribution in [0.4, 0.5) is 5.69 Å². The zero-order chi connectivity index (χ0) is 20.8. The summed E-state index contributed by atoms with van der Waals surface area (Å²) in [5.74, 6) is -0.0863. The lowest BCUT2D eigenvalue weighted by Crippen LogP contribution is -2.20. The molecule has 144 valence electrons. The lowest BCUT2D eigenvalue weighted by Gasteiger charge is -2.09. The van der Waals surface area contributed by atoms with E-state index in [0.29, 0.717) is 37.6 Å². The number of rotatable bonds is 6. The number of nitriles is 1. The minimum Gasteiger partial charge on any atom is -0.484 e. The first-order valence-corrected chi connectivity index (χ1v) is 9.66. The zero-order valence-corrected chi connectivity index (χ0v) is 17.3. The molecule has 3 aromatic rings. The Kier molecular flexibility index (Phi) is 6.65. The molecule has 3 aromatic carbocycles. The second-order valence-corrected chi connectivity index (χ2v) is 7.30. The molecule has 0 aliphatic carbocycles. The third-order valence-corrected chi connectivity index (χ3v) is 4.86.